The molecular weight excluding hydrogens is 276 g/mol. The molecule has 0 aliphatic rings. The summed E-state index contributed by atoms with van der Waals surface area (Å²) in [6.45, 7) is 2.51. The van der Waals surface area contributed by atoms with Gasteiger partial charge in [0.25, 0.3) is 0 Å². The van der Waals surface area contributed by atoms with Crippen LogP contribution < -0.4 is 5.32 Å². The molecule has 0 aromatic carbocycles. The summed E-state index contributed by atoms with van der Waals surface area (Å²) in [5.41, 5.74) is 0. The van der Waals surface area contributed by atoms with Gasteiger partial charge in [0, 0.05) is 13.5 Å². The molecule has 6 nitrogen and oxygen atoms in total. The van der Waals surface area contributed by atoms with Crippen LogP contribution in [0.25, 0.3) is 0 Å². The van der Waals surface area contributed by atoms with Crippen molar-refractivity contribution in [1.29, 1.82) is 0 Å². The maximum atomic E-state index is 11.7. The third kappa shape index (κ3) is 3.86. The zero-order valence-electron chi connectivity index (χ0n) is 11.6. The summed E-state index contributed by atoms with van der Waals surface area (Å²) in [4.78, 5) is 11.7. The van der Waals surface area contributed by atoms with Gasteiger partial charge in [0.05, 0.1) is 18.6 Å². The van der Waals surface area contributed by atoms with Gasteiger partial charge in [-0.1, -0.05) is 18.7 Å². The van der Waals surface area contributed by atoms with E-state index in [-0.39, 0.29) is 5.91 Å². The van der Waals surface area contributed by atoms with E-state index in [1.54, 1.807) is 12.3 Å². The summed E-state index contributed by atoms with van der Waals surface area (Å²) in [7, 11) is 1.92. The minimum absolute atomic E-state index is 0.0496. The topological polar surface area (TPSA) is 73.0 Å². The number of carbonyl (C=O) groups is 1. The van der Waals surface area contributed by atoms with Crippen molar-refractivity contribution in [3.63, 3.8) is 0 Å². The van der Waals surface area contributed by atoms with E-state index in [0.717, 1.165) is 29.6 Å². The second-order valence-electron chi connectivity index (χ2n) is 4.35. The van der Waals surface area contributed by atoms with E-state index in [0.29, 0.717) is 12.3 Å². The Labute approximate surface area is 121 Å². The number of nitrogens with one attached hydrogen (secondary N) is 1. The molecule has 2 rings (SSSR count). The quantitative estimate of drug-likeness (QED) is 0.788. The zero-order chi connectivity index (χ0) is 14.4. The molecule has 20 heavy (non-hydrogen) atoms. The molecule has 0 bridgehead atoms. The van der Waals surface area contributed by atoms with Gasteiger partial charge in [-0.05, 0) is 18.6 Å². The number of aryl methyl sites for hydroxylation is 1. The van der Waals surface area contributed by atoms with E-state index in [1.165, 1.54) is 11.8 Å². The van der Waals surface area contributed by atoms with Crippen LogP contribution in [0.4, 0.5) is 0 Å². The Morgan fingerprint density at radius 3 is 3.05 bits per heavy atom. The molecule has 0 saturated carbocycles. The number of thioether (sulfide) groups is 1. The van der Waals surface area contributed by atoms with E-state index < -0.39 is 0 Å². The van der Waals surface area contributed by atoms with Crippen LogP contribution in [-0.4, -0.2) is 26.4 Å². The lowest BCUT2D eigenvalue weighted by molar-refractivity contribution is -0.118. The van der Waals surface area contributed by atoms with Crippen molar-refractivity contribution in [2.24, 2.45) is 7.05 Å². The van der Waals surface area contributed by atoms with E-state index >= 15 is 0 Å². The van der Waals surface area contributed by atoms with Crippen molar-refractivity contribution in [3.8, 4) is 0 Å². The molecule has 0 atom stereocenters. The smallest absolute Gasteiger partial charge is 0.230 e. The minimum atomic E-state index is -0.0496. The van der Waals surface area contributed by atoms with Crippen molar-refractivity contribution in [3.05, 3.63) is 30.0 Å². The van der Waals surface area contributed by atoms with Crippen molar-refractivity contribution in [2.75, 3.05) is 5.75 Å². The predicted octanol–water partition coefficient (Wildman–Crippen LogP) is 1.77. The molecule has 7 heteroatoms. The SMILES string of the molecule is CCCc1nnc(SCC(=O)NCc2ccco2)n1C. The molecule has 0 fully saturated rings. The highest BCUT2D eigenvalue weighted by Gasteiger charge is 2.10. The Morgan fingerprint density at radius 1 is 1.50 bits per heavy atom. The van der Waals surface area contributed by atoms with Gasteiger partial charge in [0.15, 0.2) is 5.16 Å². The first kappa shape index (κ1) is 14.6. The highest BCUT2D eigenvalue weighted by molar-refractivity contribution is 7.99. The van der Waals surface area contributed by atoms with Crippen LogP contribution in [0.15, 0.2) is 28.0 Å². The van der Waals surface area contributed by atoms with E-state index in [9.17, 15) is 4.79 Å². The molecule has 0 aliphatic carbocycles. The van der Waals surface area contributed by atoms with Gasteiger partial charge in [-0.15, -0.1) is 10.2 Å². The van der Waals surface area contributed by atoms with Crippen molar-refractivity contribution in [2.45, 2.75) is 31.5 Å². The van der Waals surface area contributed by atoms with Gasteiger partial charge in [-0.3, -0.25) is 4.79 Å². The van der Waals surface area contributed by atoms with E-state index in [1.807, 2.05) is 17.7 Å². The third-order valence-electron chi connectivity index (χ3n) is 2.77. The second kappa shape index (κ2) is 7.14. The number of amides is 1. The van der Waals surface area contributed by atoms with Crippen LogP contribution in [0.5, 0.6) is 0 Å². The summed E-state index contributed by atoms with van der Waals surface area (Å²) in [6.07, 6.45) is 3.51. The monoisotopic (exact) mass is 294 g/mol. The number of nitrogens with zero attached hydrogens (tertiary/aromatic N) is 3. The molecule has 0 saturated heterocycles. The fourth-order valence-corrected chi connectivity index (χ4v) is 2.45. The maximum absolute atomic E-state index is 11.7. The second-order valence-corrected chi connectivity index (χ2v) is 5.30. The van der Waals surface area contributed by atoms with Gasteiger partial charge in [0.1, 0.15) is 11.6 Å². The van der Waals surface area contributed by atoms with Crippen LogP contribution in [0.1, 0.15) is 24.9 Å². The highest BCUT2D eigenvalue weighted by Crippen LogP contribution is 2.15. The molecule has 2 heterocycles. The number of hydrogen-bond acceptors (Lipinski definition) is 5. The molecule has 0 aliphatic heterocycles. The lowest BCUT2D eigenvalue weighted by Gasteiger charge is -2.04. The van der Waals surface area contributed by atoms with Crippen LogP contribution in [-0.2, 0) is 24.8 Å². The molecule has 2 aromatic heterocycles. The number of carbonyl (C=O) groups excluding carboxylic acids is 1. The normalized spacial score (nSPS) is 10.7. The van der Waals surface area contributed by atoms with Crippen LogP contribution in [0.3, 0.4) is 0 Å². The summed E-state index contributed by atoms with van der Waals surface area (Å²) < 4.78 is 7.09. The summed E-state index contributed by atoms with van der Waals surface area (Å²) in [5, 5.41) is 11.8. The molecule has 1 N–H and O–H groups in total. The van der Waals surface area contributed by atoms with E-state index in [2.05, 4.69) is 22.4 Å². The summed E-state index contributed by atoms with van der Waals surface area (Å²) >= 11 is 1.39. The fourth-order valence-electron chi connectivity index (χ4n) is 1.69. The Morgan fingerprint density at radius 2 is 2.35 bits per heavy atom. The highest BCUT2D eigenvalue weighted by atomic mass is 32.2. The maximum Gasteiger partial charge on any atom is 0.230 e. The Hall–Kier alpha value is -1.76. The van der Waals surface area contributed by atoms with E-state index in [4.69, 9.17) is 4.42 Å². The van der Waals surface area contributed by atoms with Gasteiger partial charge in [-0.2, -0.15) is 0 Å². The average molecular weight is 294 g/mol. The molecule has 0 spiro atoms. The third-order valence-corrected chi connectivity index (χ3v) is 3.79. The van der Waals surface area contributed by atoms with Crippen LogP contribution >= 0.6 is 11.8 Å². The first-order valence-electron chi connectivity index (χ1n) is 6.51. The Bertz CT molecular complexity index is 551. The number of aromatic nitrogens is 3. The van der Waals surface area contributed by atoms with Gasteiger partial charge < -0.3 is 14.3 Å². The average Bonchev–Trinajstić information content (AvgIpc) is 3.06. The largest absolute Gasteiger partial charge is 0.467 e. The van der Waals surface area contributed by atoms with Gasteiger partial charge >= 0.3 is 0 Å². The molecule has 2 aromatic rings. The lowest BCUT2D eigenvalue weighted by Crippen LogP contribution is -2.24. The summed E-state index contributed by atoms with van der Waals surface area (Å²) in [6, 6.07) is 3.62. The van der Waals surface area contributed by atoms with Gasteiger partial charge in [-0.25, -0.2) is 0 Å². The molecule has 108 valence electrons. The first-order valence-corrected chi connectivity index (χ1v) is 7.49. The lowest BCUT2D eigenvalue weighted by atomic mass is 10.3. The number of furan rings is 1. The Kier molecular flexibility index (Phi) is 5.23. The van der Waals surface area contributed by atoms with Gasteiger partial charge in [0.2, 0.25) is 5.91 Å². The van der Waals surface area contributed by atoms with Crippen molar-refractivity contribution >= 4 is 17.7 Å². The number of hydrogen-bond donors (Lipinski definition) is 1. The first-order chi connectivity index (χ1) is 9.70. The molecule has 1 amide bonds. The predicted molar refractivity (Wildman–Crippen MR) is 76.3 cm³/mol. The molecule has 0 unspecified atom stereocenters. The van der Waals surface area contributed by atoms with Crippen molar-refractivity contribution < 1.29 is 9.21 Å². The molecule has 0 radical (unpaired) electrons. The molecular formula is C13H18N4O2S. The number of rotatable bonds is 7. The van der Waals surface area contributed by atoms with Crippen LogP contribution in [0, 0.1) is 0 Å². The van der Waals surface area contributed by atoms with Crippen LogP contribution in [0.2, 0.25) is 0 Å². The fraction of sp³-hybridized carbons (Fsp3) is 0.462. The Balaban J connectivity index is 1.78. The minimum Gasteiger partial charge on any atom is -0.467 e. The zero-order valence-corrected chi connectivity index (χ0v) is 12.4. The van der Waals surface area contributed by atoms with Crippen molar-refractivity contribution in [1.82, 2.24) is 20.1 Å². The standard InChI is InChI=1S/C13H18N4O2S/c1-3-5-11-15-16-13(17(11)2)20-9-12(18)14-8-10-6-4-7-19-10/h4,6-7H,3,5,8-9H2,1-2H3,(H,14,18). The summed E-state index contributed by atoms with van der Waals surface area (Å²) in [5.74, 6) is 1.96.